The summed E-state index contributed by atoms with van der Waals surface area (Å²) in [6.45, 7) is 4.04. The van der Waals surface area contributed by atoms with Gasteiger partial charge < -0.3 is 16.0 Å². The number of nitrogens with zero attached hydrogens (tertiary/aromatic N) is 1. The Bertz CT molecular complexity index is 1150. The maximum atomic E-state index is 11.3. The zero-order valence-electron chi connectivity index (χ0n) is 15.4. The first kappa shape index (κ1) is 17.1. The van der Waals surface area contributed by atoms with Gasteiger partial charge in [-0.15, -0.1) is 0 Å². The van der Waals surface area contributed by atoms with Gasteiger partial charge in [-0.25, -0.2) is 4.79 Å². The molecule has 2 aromatic carbocycles. The summed E-state index contributed by atoms with van der Waals surface area (Å²) in [7, 11) is 0. The van der Waals surface area contributed by atoms with Crippen molar-refractivity contribution in [2.75, 3.05) is 0 Å². The molecule has 0 fully saturated rings. The maximum absolute atomic E-state index is 11.3. The molecule has 0 saturated carbocycles. The molecule has 27 heavy (non-hydrogen) atoms. The first-order valence-corrected chi connectivity index (χ1v) is 9.10. The number of nitrogens with two attached hydrogens (primary N) is 1. The van der Waals surface area contributed by atoms with E-state index in [0.717, 1.165) is 39.8 Å². The zero-order chi connectivity index (χ0) is 19.0. The Labute approximate surface area is 157 Å². The molecule has 2 heterocycles. The number of hydrogen-bond donors (Lipinski definition) is 3. The molecule has 2 amide bonds. The van der Waals surface area contributed by atoms with Crippen molar-refractivity contribution in [3.63, 3.8) is 0 Å². The molecular weight excluding hydrogens is 336 g/mol. The summed E-state index contributed by atoms with van der Waals surface area (Å²) in [5, 5.41) is 5.17. The first-order chi connectivity index (χ1) is 13.1. The summed E-state index contributed by atoms with van der Waals surface area (Å²) in [4.78, 5) is 19.1. The fraction of sp³-hybridized carbons (Fsp3) is 0.182. The topological polar surface area (TPSA) is 83.8 Å². The van der Waals surface area contributed by atoms with Crippen LogP contribution in [0, 0.1) is 6.92 Å². The third kappa shape index (κ3) is 3.12. The largest absolute Gasteiger partial charge is 0.353 e. The summed E-state index contributed by atoms with van der Waals surface area (Å²) in [5.74, 6) is 0. The number of primary amides is 1. The van der Waals surface area contributed by atoms with Crippen LogP contribution < -0.4 is 11.1 Å². The van der Waals surface area contributed by atoms with Gasteiger partial charge in [0.05, 0.1) is 17.3 Å². The Hall–Kier alpha value is -3.34. The van der Waals surface area contributed by atoms with Crippen LogP contribution >= 0.6 is 0 Å². The molecule has 0 aliphatic rings. The number of aryl methyl sites for hydroxylation is 1. The number of nitrogens with one attached hydrogen (secondary N) is 2. The minimum absolute atomic E-state index is 0.0898. The molecule has 0 radical (unpaired) electrons. The van der Waals surface area contributed by atoms with Crippen molar-refractivity contribution in [3.05, 3.63) is 66.0 Å². The normalized spacial score (nSPS) is 12.4. The first-order valence-electron chi connectivity index (χ1n) is 9.10. The van der Waals surface area contributed by atoms with E-state index in [2.05, 4.69) is 45.6 Å². The molecule has 0 aliphatic heterocycles. The third-order valence-electron chi connectivity index (χ3n) is 5.06. The van der Waals surface area contributed by atoms with E-state index in [1.807, 2.05) is 38.2 Å². The summed E-state index contributed by atoms with van der Waals surface area (Å²) < 4.78 is 0. The van der Waals surface area contributed by atoms with Crippen LogP contribution in [0.5, 0.6) is 0 Å². The SMILES string of the molecule is CCC(NC(N)=O)c1cccc(-c2ccc3[nH]c4c(C)nccc4c3c2)c1. The molecule has 4 aromatic rings. The highest BCUT2D eigenvalue weighted by molar-refractivity contribution is 6.09. The standard InChI is InChI=1S/C22H22N4O/c1-3-19(26-22(23)27)16-6-4-5-14(11-16)15-7-8-20-18(12-15)17-9-10-24-13(2)21(17)25-20/h4-12,19,25H,3H2,1-2H3,(H3,23,26,27). The summed E-state index contributed by atoms with van der Waals surface area (Å²) >= 11 is 0. The van der Waals surface area contributed by atoms with Gasteiger partial charge in [0.25, 0.3) is 0 Å². The minimum atomic E-state index is -0.503. The van der Waals surface area contributed by atoms with Gasteiger partial charge in [-0.05, 0) is 54.3 Å². The lowest BCUT2D eigenvalue weighted by molar-refractivity contribution is 0.245. The number of H-pyrrole nitrogens is 1. The predicted octanol–water partition coefficient (Wildman–Crippen LogP) is 4.81. The van der Waals surface area contributed by atoms with Crippen LogP contribution in [0.3, 0.4) is 0 Å². The van der Waals surface area contributed by atoms with E-state index >= 15 is 0 Å². The van der Waals surface area contributed by atoms with Crippen LogP contribution in [0.4, 0.5) is 4.79 Å². The number of urea groups is 1. The highest BCUT2D eigenvalue weighted by Gasteiger charge is 2.13. The summed E-state index contributed by atoms with van der Waals surface area (Å²) in [6, 6.07) is 16.1. The Morgan fingerprint density at radius 3 is 2.74 bits per heavy atom. The highest BCUT2D eigenvalue weighted by atomic mass is 16.2. The summed E-state index contributed by atoms with van der Waals surface area (Å²) in [6.07, 6.45) is 2.62. The zero-order valence-corrected chi connectivity index (χ0v) is 15.4. The second kappa shape index (κ2) is 6.76. The molecule has 2 aromatic heterocycles. The minimum Gasteiger partial charge on any atom is -0.353 e. The molecular formula is C22H22N4O. The van der Waals surface area contributed by atoms with Crippen molar-refractivity contribution in [3.8, 4) is 11.1 Å². The van der Waals surface area contributed by atoms with Gasteiger partial charge in [-0.3, -0.25) is 4.98 Å². The van der Waals surface area contributed by atoms with E-state index in [4.69, 9.17) is 5.73 Å². The monoisotopic (exact) mass is 358 g/mol. The van der Waals surface area contributed by atoms with Gasteiger partial charge in [0.15, 0.2) is 0 Å². The van der Waals surface area contributed by atoms with Crippen LogP contribution in [0.25, 0.3) is 32.9 Å². The van der Waals surface area contributed by atoms with Gasteiger partial charge in [0.2, 0.25) is 0 Å². The number of pyridine rings is 1. The van der Waals surface area contributed by atoms with E-state index in [-0.39, 0.29) is 6.04 Å². The van der Waals surface area contributed by atoms with Crippen molar-refractivity contribution in [1.29, 1.82) is 0 Å². The number of aromatic nitrogens is 2. The fourth-order valence-corrected chi connectivity index (χ4v) is 3.67. The summed E-state index contributed by atoms with van der Waals surface area (Å²) in [5.41, 5.74) is 11.8. The lowest BCUT2D eigenvalue weighted by Crippen LogP contribution is -2.32. The number of hydrogen-bond acceptors (Lipinski definition) is 2. The van der Waals surface area contributed by atoms with Crippen molar-refractivity contribution in [1.82, 2.24) is 15.3 Å². The van der Waals surface area contributed by atoms with Crippen LogP contribution in [0.2, 0.25) is 0 Å². The molecule has 136 valence electrons. The number of rotatable bonds is 4. The molecule has 5 heteroatoms. The lowest BCUT2D eigenvalue weighted by Gasteiger charge is -2.17. The smallest absolute Gasteiger partial charge is 0.312 e. The van der Waals surface area contributed by atoms with Crippen molar-refractivity contribution in [2.45, 2.75) is 26.3 Å². The highest BCUT2D eigenvalue weighted by Crippen LogP contribution is 2.31. The van der Waals surface area contributed by atoms with Crippen LogP contribution in [-0.2, 0) is 0 Å². The Kier molecular flexibility index (Phi) is 4.28. The second-order valence-corrected chi connectivity index (χ2v) is 6.80. The molecule has 5 nitrogen and oxygen atoms in total. The molecule has 0 saturated heterocycles. The molecule has 4 N–H and O–H groups in total. The van der Waals surface area contributed by atoms with Crippen molar-refractivity contribution < 1.29 is 4.79 Å². The number of carbonyl (C=O) groups excluding carboxylic acids is 1. The number of amides is 2. The molecule has 0 bridgehead atoms. The molecule has 1 atom stereocenters. The predicted molar refractivity (Wildman–Crippen MR) is 110 cm³/mol. The average molecular weight is 358 g/mol. The van der Waals surface area contributed by atoms with Gasteiger partial charge in [-0.2, -0.15) is 0 Å². The molecule has 0 aliphatic carbocycles. The van der Waals surface area contributed by atoms with E-state index in [1.165, 1.54) is 10.8 Å². The average Bonchev–Trinajstić information content (AvgIpc) is 3.05. The number of fused-ring (bicyclic) bond motifs is 3. The quantitative estimate of drug-likeness (QED) is 0.489. The van der Waals surface area contributed by atoms with Crippen molar-refractivity contribution >= 4 is 27.8 Å². The van der Waals surface area contributed by atoms with E-state index in [1.54, 1.807) is 0 Å². The second-order valence-electron chi connectivity index (χ2n) is 6.80. The molecule has 0 spiro atoms. The molecule has 4 rings (SSSR count). The van der Waals surface area contributed by atoms with E-state index in [0.29, 0.717) is 0 Å². The van der Waals surface area contributed by atoms with Crippen LogP contribution in [0.1, 0.15) is 30.6 Å². The fourth-order valence-electron chi connectivity index (χ4n) is 3.67. The molecule has 1 unspecified atom stereocenters. The Morgan fingerprint density at radius 1 is 1.15 bits per heavy atom. The van der Waals surface area contributed by atoms with E-state index < -0.39 is 6.03 Å². The van der Waals surface area contributed by atoms with Crippen molar-refractivity contribution in [2.24, 2.45) is 5.73 Å². The van der Waals surface area contributed by atoms with Gasteiger partial charge >= 0.3 is 6.03 Å². The van der Waals surface area contributed by atoms with Crippen LogP contribution in [0.15, 0.2) is 54.7 Å². The van der Waals surface area contributed by atoms with Crippen LogP contribution in [-0.4, -0.2) is 16.0 Å². The Balaban J connectivity index is 1.80. The van der Waals surface area contributed by atoms with Gasteiger partial charge in [0.1, 0.15) is 0 Å². The number of aromatic amines is 1. The van der Waals surface area contributed by atoms with Gasteiger partial charge in [0, 0.05) is 22.5 Å². The lowest BCUT2D eigenvalue weighted by atomic mass is 9.97. The number of benzene rings is 2. The number of carbonyl (C=O) groups is 1. The van der Waals surface area contributed by atoms with Gasteiger partial charge in [-0.1, -0.05) is 31.2 Å². The third-order valence-corrected chi connectivity index (χ3v) is 5.06. The van der Waals surface area contributed by atoms with E-state index in [9.17, 15) is 4.79 Å². The Morgan fingerprint density at radius 2 is 1.96 bits per heavy atom. The maximum Gasteiger partial charge on any atom is 0.312 e.